The number of benzene rings is 2. The second-order valence-electron chi connectivity index (χ2n) is 6.87. The molecule has 0 bridgehead atoms. The van der Waals surface area contributed by atoms with Crippen molar-refractivity contribution in [2.24, 2.45) is 4.99 Å². The van der Waals surface area contributed by atoms with Gasteiger partial charge in [-0.15, -0.1) is 0 Å². The van der Waals surface area contributed by atoms with Crippen molar-refractivity contribution in [1.82, 2.24) is 10.6 Å². The SMILES string of the molecule is CCNC(=NCc1ccccc1OCC)NCC(O)c1ccc(OC(C)C)cc1. The fourth-order valence-corrected chi connectivity index (χ4v) is 2.79. The Hall–Kier alpha value is -2.73. The predicted molar refractivity (Wildman–Crippen MR) is 118 cm³/mol. The summed E-state index contributed by atoms with van der Waals surface area (Å²) in [6.45, 7) is 10.1. The van der Waals surface area contributed by atoms with E-state index in [0.29, 0.717) is 25.7 Å². The van der Waals surface area contributed by atoms with Gasteiger partial charge in [-0.2, -0.15) is 0 Å². The summed E-state index contributed by atoms with van der Waals surface area (Å²) in [7, 11) is 0. The van der Waals surface area contributed by atoms with E-state index in [1.807, 2.05) is 76.2 Å². The van der Waals surface area contributed by atoms with E-state index in [1.54, 1.807) is 0 Å². The van der Waals surface area contributed by atoms with E-state index in [0.717, 1.165) is 29.2 Å². The zero-order valence-electron chi connectivity index (χ0n) is 17.8. The normalized spacial score (nSPS) is 12.6. The number of aliphatic hydroxyl groups is 1. The van der Waals surface area contributed by atoms with Crippen LogP contribution in [-0.2, 0) is 6.54 Å². The Bertz CT molecular complexity index is 760. The van der Waals surface area contributed by atoms with Gasteiger partial charge in [0.05, 0.1) is 25.4 Å². The van der Waals surface area contributed by atoms with E-state index in [9.17, 15) is 5.11 Å². The minimum Gasteiger partial charge on any atom is -0.494 e. The van der Waals surface area contributed by atoms with Gasteiger partial charge in [-0.05, 0) is 51.5 Å². The molecule has 2 rings (SSSR count). The highest BCUT2D eigenvalue weighted by Gasteiger charge is 2.10. The Balaban J connectivity index is 1.97. The third kappa shape index (κ3) is 7.66. The zero-order valence-corrected chi connectivity index (χ0v) is 17.8. The van der Waals surface area contributed by atoms with Crippen molar-refractivity contribution in [3.63, 3.8) is 0 Å². The molecule has 0 aliphatic heterocycles. The molecular weight excluding hydrogens is 366 g/mol. The summed E-state index contributed by atoms with van der Waals surface area (Å²) in [4.78, 5) is 4.62. The van der Waals surface area contributed by atoms with E-state index < -0.39 is 6.10 Å². The van der Waals surface area contributed by atoms with Crippen LogP contribution in [-0.4, -0.2) is 36.9 Å². The van der Waals surface area contributed by atoms with E-state index >= 15 is 0 Å². The minimum atomic E-state index is -0.650. The van der Waals surface area contributed by atoms with E-state index in [4.69, 9.17) is 9.47 Å². The van der Waals surface area contributed by atoms with Gasteiger partial charge in [-0.25, -0.2) is 4.99 Å². The van der Waals surface area contributed by atoms with Crippen LogP contribution in [0.15, 0.2) is 53.5 Å². The average molecular weight is 400 g/mol. The monoisotopic (exact) mass is 399 g/mol. The molecule has 0 aliphatic rings. The minimum absolute atomic E-state index is 0.124. The first kappa shape index (κ1) is 22.6. The van der Waals surface area contributed by atoms with E-state index in [-0.39, 0.29) is 6.10 Å². The molecule has 158 valence electrons. The Kier molecular flexibility index (Phi) is 9.31. The van der Waals surface area contributed by atoms with E-state index in [1.165, 1.54) is 0 Å². The number of aliphatic imine (C=N–C) groups is 1. The molecule has 3 N–H and O–H groups in total. The molecule has 0 aliphatic carbocycles. The molecule has 0 amide bonds. The molecule has 1 atom stereocenters. The van der Waals surface area contributed by atoms with Gasteiger partial charge in [0.15, 0.2) is 5.96 Å². The molecule has 0 spiro atoms. The van der Waals surface area contributed by atoms with Crippen LogP contribution in [0.25, 0.3) is 0 Å². The third-order valence-corrected chi connectivity index (χ3v) is 4.12. The highest BCUT2D eigenvalue weighted by atomic mass is 16.5. The Morgan fingerprint density at radius 3 is 2.41 bits per heavy atom. The number of nitrogens with one attached hydrogen (secondary N) is 2. The number of guanidine groups is 1. The molecule has 0 fully saturated rings. The molecule has 0 aromatic heterocycles. The summed E-state index contributed by atoms with van der Waals surface area (Å²) < 4.78 is 11.3. The maximum atomic E-state index is 10.5. The molecule has 0 saturated heterocycles. The van der Waals surface area contributed by atoms with Crippen LogP contribution in [0.2, 0.25) is 0 Å². The zero-order chi connectivity index (χ0) is 21.1. The highest BCUT2D eigenvalue weighted by Crippen LogP contribution is 2.19. The molecule has 6 nitrogen and oxygen atoms in total. The van der Waals surface area contributed by atoms with Crippen LogP contribution in [0.1, 0.15) is 44.9 Å². The standard InChI is InChI=1S/C23H33N3O3/c1-5-24-23(25-15-19-9-7-8-10-22(19)28-6-2)26-16-21(27)18-11-13-20(14-12-18)29-17(3)4/h7-14,17,21,27H,5-6,15-16H2,1-4H3,(H2,24,25,26). The number of rotatable bonds is 10. The van der Waals surface area contributed by atoms with Crippen molar-refractivity contribution >= 4 is 5.96 Å². The lowest BCUT2D eigenvalue weighted by molar-refractivity contribution is 0.180. The second kappa shape index (κ2) is 12.0. The van der Waals surface area contributed by atoms with Crippen LogP contribution >= 0.6 is 0 Å². The summed E-state index contributed by atoms with van der Waals surface area (Å²) in [5, 5.41) is 16.9. The van der Waals surface area contributed by atoms with Crippen molar-refractivity contribution in [2.45, 2.75) is 46.4 Å². The molecule has 1 unspecified atom stereocenters. The maximum Gasteiger partial charge on any atom is 0.191 e. The van der Waals surface area contributed by atoms with Crippen molar-refractivity contribution in [2.75, 3.05) is 19.7 Å². The third-order valence-electron chi connectivity index (χ3n) is 4.12. The van der Waals surface area contributed by atoms with Crippen molar-refractivity contribution in [3.05, 3.63) is 59.7 Å². The summed E-state index contributed by atoms with van der Waals surface area (Å²) in [5.74, 6) is 2.29. The number of aliphatic hydroxyl groups excluding tert-OH is 1. The predicted octanol–water partition coefficient (Wildman–Crippen LogP) is 3.66. The van der Waals surface area contributed by atoms with Gasteiger partial charge in [0, 0.05) is 18.7 Å². The number of hydrogen-bond donors (Lipinski definition) is 3. The Morgan fingerprint density at radius 2 is 1.76 bits per heavy atom. The molecular formula is C23H33N3O3. The maximum absolute atomic E-state index is 10.5. The number of hydrogen-bond acceptors (Lipinski definition) is 4. The Morgan fingerprint density at radius 1 is 1.03 bits per heavy atom. The van der Waals surface area contributed by atoms with Gasteiger partial charge in [0.1, 0.15) is 11.5 Å². The molecule has 0 radical (unpaired) electrons. The quantitative estimate of drug-likeness (QED) is 0.420. The van der Waals surface area contributed by atoms with Gasteiger partial charge in [-0.1, -0.05) is 30.3 Å². The van der Waals surface area contributed by atoms with Crippen LogP contribution < -0.4 is 20.1 Å². The molecule has 0 heterocycles. The topological polar surface area (TPSA) is 75.1 Å². The summed E-state index contributed by atoms with van der Waals surface area (Å²) in [5.41, 5.74) is 1.85. The largest absolute Gasteiger partial charge is 0.494 e. The number of ether oxygens (including phenoxy) is 2. The first-order valence-electron chi connectivity index (χ1n) is 10.2. The number of para-hydroxylation sites is 1. The van der Waals surface area contributed by atoms with Crippen LogP contribution in [0.4, 0.5) is 0 Å². The van der Waals surface area contributed by atoms with E-state index in [2.05, 4.69) is 15.6 Å². The summed E-state index contributed by atoms with van der Waals surface area (Å²) in [6, 6.07) is 15.4. The fraction of sp³-hybridized carbons (Fsp3) is 0.435. The van der Waals surface area contributed by atoms with Crippen molar-refractivity contribution in [3.8, 4) is 11.5 Å². The van der Waals surface area contributed by atoms with Gasteiger partial charge in [-0.3, -0.25) is 0 Å². The van der Waals surface area contributed by atoms with Gasteiger partial charge in [0.25, 0.3) is 0 Å². The first-order chi connectivity index (χ1) is 14.0. The number of nitrogens with zero attached hydrogens (tertiary/aromatic N) is 1. The fourth-order valence-electron chi connectivity index (χ4n) is 2.79. The van der Waals surface area contributed by atoms with Crippen LogP contribution in [0, 0.1) is 0 Å². The lowest BCUT2D eigenvalue weighted by atomic mass is 10.1. The van der Waals surface area contributed by atoms with Gasteiger partial charge < -0.3 is 25.2 Å². The lowest BCUT2D eigenvalue weighted by Crippen LogP contribution is -2.39. The molecule has 2 aromatic rings. The molecule has 2 aromatic carbocycles. The highest BCUT2D eigenvalue weighted by molar-refractivity contribution is 5.79. The lowest BCUT2D eigenvalue weighted by Gasteiger charge is -2.17. The van der Waals surface area contributed by atoms with Crippen LogP contribution in [0.5, 0.6) is 11.5 Å². The van der Waals surface area contributed by atoms with Crippen LogP contribution in [0.3, 0.4) is 0 Å². The van der Waals surface area contributed by atoms with Gasteiger partial charge in [0.2, 0.25) is 0 Å². The van der Waals surface area contributed by atoms with Crippen molar-refractivity contribution < 1.29 is 14.6 Å². The second-order valence-corrected chi connectivity index (χ2v) is 6.87. The smallest absolute Gasteiger partial charge is 0.191 e. The first-order valence-corrected chi connectivity index (χ1v) is 10.2. The summed E-state index contributed by atoms with van der Waals surface area (Å²) in [6.07, 6.45) is -0.526. The van der Waals surface area contributed by atoms with Crippen molar-refractivity contribution in [1.29, 1.82) is 0 Å². The Labute approximate surface area is 174 Å². The van der Waals surface area contributed by atoms with Gasteiger partial charge >= 0.3 is 0 Å². The molecule has 29 heavy (non-hydrogen) atoms. The summed E-state index contributed by atoms with van der Waals surface area (Å²) >= 11 is 0. The molecule has 0 saturated carbocycles. The average Bonchev–Trinajstić information content (AvgIpc) is 2.71. The molecule has 6 heteroatoms.